The molecular weight excluding hydrogens is 381 g/mol. The highest BCUT2D eigenvalue weighted by molar-refractivity contribution is 6.06. The Kier molecular flexibility index (Phi) is 5.99. The lowest BCUT2D eigenvalue weighted by Gasteiger charge is -2.28. The van der Waals surface area contributed by atoms with Gasteiger partial charge in [0.25, 0.3) is 5.91 Å². The average molecular weight is 408 g/mol. The summed E-state index contributed by atoms with van der Waals surface area (Å²) in [6.45, 7) is 4.04. The summed E-state index contributed by atoms with van der Waals surface area (Å²) in [6.07, 6.45) is 5.75. The van der Waals surface area contributed by atoms with Crippen molar-refractivity contribution in [3.8, 4) is 0 Å². The first-order valence-corrected chi connectivity index (χ1v) is 9.65. The van der Waals surface area contributed by atoms with Crippen molar-refractivity contribution in [1.29, 1.82) is 0 Å². The molecule has 2 saturated heterocycles. The predicted octanol–water partition coefficient (Wildman–Crippen LogP) is 4.23. The molecule has 2 aromatic rings. The van der Waals surface area contributed by atoms with Crippen LogP contribution in [0.1, 0.15) is 59.6 Å². The van der Waals surface area contributed by atoms with E-state index in [2.05, 4.69) is 41.4 Å². The fourth-order valence-electron chi connectivity index (χ4n) is 4.58. The molecule has 3 fully saturated rings. The van der Waals surface area contributed by atoms with Gasteiger partial charge in [0.1, 0.15) is 0 Å². The second-order valence-corrected chi connectivity index (χ2v) is 7.98. The molecule has 1 saturated carbocycles. The molecule has 5 rings (SSSR count). The molecule has 0 spiro atoms. The Morgan fingerprint density at radius 1 is 1.07 bits per heavy atom. The summed E-state index contributed by atoms with van der Waals surface area (Å²) >= 11 is 0. The van der Waals surface area contributed by atoms with Crippen molar-refractivity contribution in [2.24, 2.45) is 0 Å². The minimum absolute atomic E-state index is 0. The molecule has 3 heterocycles. The fraction of sp³-hybridized carbons (Fsp3) is 0.524. The van der Waals surface area contributed by atoms with Gasteiger partial charge in [0, 0.05) is 35.6 Å². The highest BCUT2D eigenvalue weighted by Crippen LogP contribution is 2.41. The van der Waals surface area contributed by atoms with Gasteiger partial charge in [-0.25, -0.2) is 0 Å². The first-order chi connectivity index (χ1) is 12.2. The van der Waals surface area contributed by atoms with E-state index in [1.165, 1.54) is 18.4 Å². The third kappa shape index (κ3) is 3.67. The molecule has 1 aromatic carbocycles. The summed E-state index contributed by atoms with van der Waals surface area (Å²) in [6, 6.07) is 9.14. The van der Waals surface area contributed by atoms with Crippen molar-refractivity contribution in [3.63, 3.8) is 0 Å². The van der Waals surface area contributed by atoms with E-state index < -0.39 is 0 Å². The smallest absolute Gasteiger partial charge is 0.255 e. The van der Waals surface area contributed by atoms with Crippen LogP contribution >= 0.6 is 24.8 Å². The number of carbonyl (C=O) groups excluding carboxylic acids is 1. The number of fused-ring (bicyclic) bond motifs is 3. The third-order valence-corrected chi connectivity index (χ3v) is 6.10. The Balaban J connectivity index is 0.00000105. The number of nitrogens with one attached hydrogen (secondary N) is 1. The van der Waals surface area contributed by atoms with Crippen molar-refractivity contribution in [2.75, 3.05) is 13.1 Å². The van der Waals surface area contributed by atoms with E-state index in [1.54, 1.807) is 0 Å². The molecule has 2 unspecified atom stereocenters. The lowest BCUT2D eigenvalue weighted by Crippen LogP contribution is -2.42. The first-order valence-electron chi connectivity index (χ1n) is 9.65. The molecule has 6 heteroatoms. The van der Waals surface area contributed by atoms with Crippen molar-refractivity contribution in [3.05, 3.63) is 41.1 Å². The van der Waals surface area contributed by atoms with Gasteiger partial charge in [-0.3, -0.25) is 9.78 Å². The number of amides is 1. The Morgan fingerprint density at radius 3 is 2.63 bits per heavy atom. The van der Waals surface area contributed by atoms with E-state index >= 15 is 0 Å². The molecule has 3 aliphatic rings. The molecule has 2 aliphatic heterocycles. The minimum atomic E-state index is 0. The number of aryl methyl sites for hydroxylation is 1. The van der Waals surface area contributed by atoms with Crippen LogP contribution in [0.4, 0.5) is 0 Å². The number of pyridine rings is 1. The summed E-state index contributed by atoms with van der Waals surface area (Å²) in [7, 11) is 0. The van der Waals surface area contributed by atoms with E-state index in [1.807, 2.05) is 0 Å². The number of rotatable bonds is 2. The molecule has 1 aromatic heterocycles. The molecule has 4 nitrogen and oxygen atoms in total. The molecule has 1 N–H and O–H groups in total. The van der Waals surface area contributed by atoms with Gasteiger partial charge in [-0.15, -0.1) is 24.8 Å². The topological polar surface area (TPSA) is 45.2 Å². The minimum Gasteiger partial charge on any atom is -0.331 e. The Labute approximate surface area is 172 Å². The van der Waals surface area contributed by atoms with Crippen LogP contribution in [0.5, 0.6) is 0 Å². The Morgan fingerprint density at radius 2 is 1.85 bits per heavy atom. The van der Waals surface area contributed by atoms with Gasteiger partial charge >= 0.3 is 0 Å². The summed E-state index contributed by atoms with van der Waals surface area (Å²) in [5, 5.41) is 4.51. The van der Waals surface area contributed by atoms with Crippen molar-refractivity contribution >= 4 is 41.6 Å². The summed E-state index contributed by atoms with van der Waals surface area (Å²) in [5.74, 6) is 0.774. The molecule has 2 bridgehead atoms. The predicted molar refractivity (Wildman–Crippen MR) is 113 cm³/mol. The maximum atomic E-state index is 13.6. The van der Waals surface area contributed by atoms with E-state index in [-0.39, 0.29) is 30.7 Å². The highest BCUT2D eigenvalue weighted by Gasteiger charge is 2.39. The number of hydrogen-bond acceptors (Lipinski definition) is 3. The molecular formula is C21H27Cl2N3O. The van der Waals surface area contributed by atoms with Crippen LogP contribution in [-0.2, 0) is 0 Å². The fourth-order valence-corrected chi connectivity index (χ4v) is 4.58. The van der Waals surface area contributed by atoms with Crippen LogP contribution in [0.3, 0.4) is 0 Å². The van der Waals surface area contributed by atoms with Crippen LogP contribution in [0.2, 0.25) is 0 Å². The van der Waals surface area contributed by atoms with Gasteiger partial charge in [0.15, 0.2) is 0 Å². The second-order valence-electron chi connectivity index (χ2n) is 7.98. The van der Waals surface area contributed by atoms with Gasteiger partial charge < -0.3 is 10.2 Å². The summed E-state index contributed by atoms with van der Waals surface area (Å²) in [5.41, 5.74) is 4.14. The monoisotopic (exact) mass is 407 g/mol. The largest absolute Gasteiger partial charge is 0.331 e. The van der Waals surface area contributed by atoms with Crippen LogP contribution in [0.25, 0.3) is 10.9 Å². The number of benzene rings is 1. The zero-order valence-corrected chi connectivity index (χ0v) is 17.2. The molecule has 1 aliphatic carbocycles. The standard InChI is InChI=1S/C21H25N3O.2ClH/c1-13-2-7-19-17(10-13)18(11-20(23-19)14-3-4-14)21(25)24-15-5-6-16(24)12-22-9-8-15;;/h2,7,10-11,14-16,22H,3-6,8-9,12H2,1H3;2*1H. The van der Waals surface area contributed by atoms with Crippen LogP contribution in [0, 0.1) is 6.92 Å². The number of nitrogens with zero attached hydrogens (tertiary/aromatic N) is 2. The highest BCUT2D eigenvalue weighted by atomic mass is 35.5. The van der Waals surface area contributed by atoms with Crippen molar-refractivity contribution < 1.29 is 4.79 Å². The summed E-state index contributed by atoms with van der Waals surface area (Å²) < 4.78 is 0. The molecule has 27 heavy (non-hydrogen) atoms. The molecule has 2 atom stereocenters. The molecule has 0 radical (unpaired) electrons. The lowest BCUT2D eigenvalue weighted by molar-refractivity contribution is 0.0682. The van der Waals surface area contributed by atoms with E-state index in [9.17, 15) is 4.79 Å². The maximum Gasteiger partial charge on any atom is 0.255 e. The Bertz CT molecular complexity index is 839. The molecule has 1 amide bonds. The average Bonchev–Trinajstić information content (AvgIpc) is 3.38. The van der Waals surface area contributed by atoms with E-state index in [4.69, 9.17) is 4.98 Å². The number of hydrogen-bond donors (Lipinski definition) is 1. The number of halogens is 2. The van der Waals surface area contributed by atoms with E-state index in [0.29, 0.717) is 18.0 Å². The quantitative estimate of drug-likeness (QED) is 0.809. The van der Waals surface area contributed by atoms with Crippen molar-refractivity contribution in [2.45, 2.75) is 57.0 Å². The van der Waals surface area contributed by atoms with Gasteiger partial charge in [-0.2, -0.15) is 0 Å². The third-order valence-electron chi connectivity index (χ3n) is 6.10. The van der Waals surface area contributed by atoms with Crippen molar-refractivity contribution in [1.82, 2.24) is 15.2 Å². The SMILES string of the molecule is Cc1ccc2nc(C3CC3)cc(C(=O)N3C4CCNCC3CC4)c2c1.Cl.Cl. The van der Waals surface area contributed by atoms with Gasteiger partial charge in [-0.1, -0.05) is 11.6 Å². The zero-order valence-electron chi connectivity index (χ0n) is 15.6. The lowest BCUT2D eigenvalue weighted by atomic mass is 10.0. The van der Waals surface area contributed by atoms with Gasteiger partial charge in [0.05, 0.1) is 11.1 Å². The summed E-state index contributed by atoms with van der Waals surface area (Å²) in [4.78, 5) is 20.6. The van der Waals surface area contributed by atoms with Gasteiger partial charge in [-0.05, 0) is 63.8 Å². The number of carbonyl (C=O) groups is 1. The maximum absolute atomic E-state index is 13.6. The Hall–Kier alpha value is -1.36. The first kappa shape index (κ1) is 20.4. The molecule has 146 valence electrons. The zero-order chi connectivity index (χ0) is 17.0. The van der Waals surface area contributed by atoms with Gasteiger partial charge in [0.2, 0.25) is 0 Å². The second kappa shape index (κ2) is 7.94. The number of aromatic nitrogens is 1. The van der Waals surface area contributed by atoms with E-state index in [0.717, 1.165) is 54.5 Å². The van der Waals surface area contributed by atoms with Crippen LogP contribution < -0.4 is 5.32 Å². The van der Waals surface area contributed by atoms with Crippen LogP contribution in [-0.4, -0.2) is 41.0 Å². The normalized spacial score (nSPS) is 24.1. The van der Waals surface area contributed by atoms with Crippen LogP contribution in [0.15, 0.2) is 24.3 Å².